The third-order valence-electron chi connectivity index (χ3n) is 4.15. The Kier molecular flexibility index (Phi) is 6.86. The van der Waals surface area contributed by atoms with E-state index < -0.39 is 22.1 Å². The Bertz CT molecular complexity index is 1000. The highest BCUT2D eigenvalue weighted by atomic mass is 32.2. The van der Waals surface area contributed by atoms with Crippen molar-refractivity contribution in [1.29, 1.82) is 0 Å². The summed E-state index contributed by atoms with van der Waals surface area (Å²) in [6.45, 7) is 3.11. The molecule has 9 heteroatoms. The number of esters is 1. The molecule has 0 aromatic heterocycles. The van der Waals surface area contributed by atoms with Gasteiger partial charge in [-0.05, 0) is 55.8 Å². The van der Waals surface area contributed by atoms with Crippen molar-refractivity contribution in [3.63, 3.8) is 0 Å². The number of rotatable bonds is 7. The van der Waals surface area contributed by atoms with Crippen LogP contribution in [0.2, 0.25) is 0 Å². The van der Waals surface area contributed by atoms with E-state index >= 15 is 0 Å². The molecule has 29 heavy (non-hydrogen) atoms. The lowest BCUT2D eigenvalue weighted by Crippen LogP contribution is -2.35. The third kappa shape index (κ3) is 5.47. The second-order valence-corrected chi connectivity index (χ2v) is 8.27. The molecule has 8 nitrogen and oxygen atoms in total. The summed E-state index contributed by atoms with van der Waals surface area (Å²) in [5.41, 5.74) is 0.949. The first-order valence-corrected chi connectivity index (χ1v) is 10.2. The summed E-state index contributed by atoms with van der Waals surface area (Å²) >= 11 is 0. The number of hydrogen-bond donors (Lipinski definition) is 1. The number of methoxy groups -OCH3 is 1. The third-order valence-corrected chi connectivity index (χ3v) is 5.53. The second-order valence-electron chi connectivity index (χ2n) is 6.59. The van der Waals surface area contributed by atoms with Crippen molar-refractivity contribution in [2.24, 2.45) is 0 Å². The van der Waals surface area contributed by atoms with Crippen molar-refractivity contribution in [3.8, 4) is 5.75 Å². The minimum atomic E-state index is -3.94. The summed E-state index contributed by atoms with van der Waals surface area (Å²) < 4.78 is 38.1. The maximum absolute atomic E-state index is 12.7. The molecule has 1 amide bonds. The Labute approximate surface area is 170 Å². The quantitative estimate of drug-likeness (QED) is 0.691. The van der Waals surface area contributed by atoms with E-state index in [0.29, 0.717) is 17.0 Å². The fraction of sp³-hybridized carbons (Fsp3) is 0.300. The first-order chi connectivity index (χ1) is 13.5. The summed E-state index contributed by atoms with van der Waals surface area (Å²) in [5, 5.41) is 0. The highest BCUT2D eigenvalue weighted by Crippen LogP contribution is 2.22. The lowest BCUT2D eigenvalue weighted by atomic mass is 10.1. The highest BCUT2D eigenvalue weighted by Gasteiger charge is 2.23. The number of sulfonamides is 1. The van der Waals surface area contributed by atoms with E-state index in [2.05, 4.69) is 4.72 Å². The minimum absolute atomic E-state index is 0.0704. The molecular weight excluding hydrogens is 396 g/mol. The van der Waals surface area contributed by atoms with Crippen molar-refractivity contribution < 1.29 is 27.5 Å². The van der Waals surface area contributed by atoms with E-state index in [1.165, 1.54) is 37.1 Å². The van der Waals surface area contributed by atoms with Crippen LogP contribution in [0.4, 0.5) is 5.69 Å². The number of anilines is 1. The molecule has 0 aliphatic carbocycles. The summed E-state index contributed by atoms with van der Waals surface area (Å²) in [4.78, 5) is 25.6. The van der Waals surface area contributed by atoms with Crippen molar-refractivity contribution >= 4 is 27.6 Å². The minimum Gasteiger partial charge on any atom is -0.497 e. The summed E-state index contributed by atoms with van der Waals surface area (Å²) in [7, 11) is 0.678. The van der Waals surface area contributed by atoms with Crippen LogP contribution in [0.15, 0.2) is 47.4 Å². The molecule has 0 saturated heterocycles. The monoisotopic (exact) mass is 420 g/mol. The van der Waals surface area contributed by atoms with E-state index in [1.54, 1.807) is 45.3 Å². The van der Waals surface area contributed by atoms with Gasteiger partial charge in [-0.2, -0.15) is 0 Å². The van der Waals surface area contributed by atoms with Crippen LogP contribution in [0.3, 0.4) is 0 Å². The number of hydrogen-bond acceptors (Lipinski definition) is 6. The SMILES string of the molecule is COc1ccc(NS(=O)(=O)c2ccc(C)c(C(=O)O[C@H](C)C(=O)N(C)C)c2)cc1. The van der Waals surface area contributed by atoms with E-state index in [9.17, 15) is 18.0 Å². The van der Waals surface area contributed by atoms with E-state index in [4.69, 9.17) is 9.47 Å². The molecular formula is C20H24N2O6S. The number of ether oxygens (including phenoxy) is 2. The standard InChI is InChI=1S/C20H24N2O6S/c1-13-6-11-17(12-18(13)20(24)28-14(2)19(23)22(3)4)29(25,26)21-15-7-9-16(27-5)10-8-15/h6-12,14,21H,1-5H3/t14-/m1/s1. The van der Waals surface area contributed by atoms with Gasteiger partial charge >= 0.3 is 5.97 Å². The zero-order chi connectivity index (χ0) is 21.8. The largest absolute Gasteiger partial charge is 0.497 e. The molecule has 2 rings (SSSR count). The molecule has 0 aliphatic rings. The highest BCUT2D eigenvalue weighted by molar-refractivity contribution is 7.92. The van der Waals surface area contributed by atoms with Crippen LogP contribution < -0.4 is 9.46 Å². The molecule has 0 saturated carbocycles. The first-order valence-electron chi connectivity index (χ1n) is 8.75. The van der Waals surface area contributed by atoms with E-state index in [0.717, 1.165) is 0 Å². The van der Waals surface area contributed by atoms with Crippen molar-refractivity contribution in [1.82, 2.24) is 4.90 Å². The molecule has 2 aromatic carbocycles. The molecule has 156 valence electrons. The van der Waals surface area contributed by atoms with Crippen LogP contribution >= 0.6 is 0 Å². The molecule has 1 atom stereocenters. The van der Waals surface area contributed by atoms with Gasteiger partial charge in [0, 0.05) is 19.8 Å². The molecule has 0 fully saturated rings. The van der Waals surface area contributed by atoms with Gasteiger partial charge in [-0.3, -0.25) is 9.52 Å². The zero-order valence-corrected chi connectivity index (χ0v) is 17.7. The van der Waals surface area contributed by atoms with Gasteiger partial charge in [-0.25, -0.2) is 13.2 Å². The van der Waals surface area contributed by atoms with Crippen molar-refractivity contribution in [3.05, 3.63) is 53.6 Å². The van der Waals surface area contributed by atoms with Gasteiger partial charge in [0.25, 0.3) is 15.9 Å². The summed E-state index contributed by atoms with van der Waals surface area (Å²) in [5.74, 6) is -0.553. The Morgan fingerprint density at radius 1 is 1.07 bits per heavy atom. The van der Waals surface area contributed by atoms with Crippen LogP contribution in [0.25, 0.3) is 0 Å². The number of amides is 1. The number of nitrogens with zero attached hydrogens (tertiary/aromatic N) is 1. The van der Waals surface area contributed by atoms with Crippen LogP contribution in [0.1, 0.15) is 22.8 Å². The first kappa shape index (κ1) is 22.2. The molecule has 1 N–H and O–H groups in total. The Hall–Kier alpha value is -3.07. The summed E-state index contributed by atoms with van der Waals surface area (Å²) in [6, 6.07) is 10.5. The van der Waals surface area contributed by atoms with E-state index in [1.807, 2.05) is 0 Å². The Morgan fingerprint density at radius 3 is 2.24 bits per heavy atom. The van der Waals surface area contributed by atoms with Crippen LogP contribution in [0.5, 0.6) is 5.75 Å². The second kappa shape index (κ2) is 8.95. The molecule has 0 radical (unpaired) electrons. The van der Waals surface area contributed by atoms with Crippen LogP contribution in [-0.2, 0) is 19.6 Å². The van der Waals surface area contributed by atoms with Gasteiger partial charge in [0.2, 0.25) is 0 Å². The Morgan fingerprint density at radius 2 is 1.69 bits per heavy atom. The predicted octanol–water partition coefficient (Wildman–Crippen LogP) is 2.44. The number of carbonyl (C=O) groups excluding carboxylic acids is 2. The number of benzene rings is 2. The lowest BCUT2D eigenvalue weighted by molar-refractivity contribution is -0.137. The normalized spacial score (nSPS) is 12.0. The smallest absolute Gasteiger partial charge is 0.339 e. The lowest BCUT2D eigenvalue weighted by Gasteiger charge is -2.18. The fourth-order valence-electron chi connectivity index (χ4n) is 2.50. The molecule has 0 aliphatic heterocycles. The van der Waals surface area contributed by atoms with Gasteiger partial charge in [0.1, 0.15) is 5.75 Å². The molecule has 2 aromatic rings. The van der Waals surface area contributed by atoms with Crippen molar-refractivity contribution in [2.75, 3.05) is 25.9 Å². The average molecular weight is 420 g/mol. The number of carbonyl (C=O) groups is 2. The van der Waals surface area contributed by atoms with Crippen LogP contribution in [-0.4, -0.2) is 52.5 Å². The zero-order valence-electron chi connectivity index (χ0n) is 16.9. The maximum Gasteiger partial charge on any atom is 0.339 e. The molecule has 0 unspecified atom stereocenters. The van der Waals surface area contributed by atoms with Gasteiger partial charge in [-0.1, -0.05) is 6.07 Å². The van der Waals surface area contributed by atoms with E-state index in [-0.39, 0.29) is 16.4 Å². The van der Waals surface area contributed by atoms with Crippen molar-refractivity contribution in [2.45, 2.75) is 24.8 Å². The number of nitrogens with one attached hydrogen (secondary N) is 1. The summed E-state index contributed by atoms with van der Waals surface area (Å²) in [6.07, 6.45) is -0.991. The molecule has 0 spiro atoms. The maximum atomic E-state index is 12.7. The average Bonchev–Trinajstić information content (AvgIpc) is 2.67. The van der Waals surface area contributed by atoms with Gasteiger partial charge < -0.3 is 14.4 Å². The predicted molar refractivity (Wildman–Crippen MR) is 109 cm³/mol. The molecule has 0 bridgehead atoms. The Balaban J connectivity index is 2.26. The van der Waals surface area contributed by atoms with Gasteiger partial charge in [0.15, 0.2) is 6.10 Å². The fourth-order valence-corrected chi connectivity index (χ4v) is 3.58. The van der Waals surface area contributed by atoms with Gasteiger partial charge in [-0.15, -0.1) is 0 Å². The topological polar surface area (TPSA) is 102 Å². The molecule has 0 heterocycles. The number of likely N-dealkylation sites (N-methyl/N-ethyl adjacent to an activating group) is 1. The van der Waals surface area contributed by atoms with Gasteiger partial charge in [0.05, 0.1) is 17.6 Å². The van der Waals surface area contributed by atoms with Crippen LogP contribution in [0, 0.1) is 6.92 Å². The number of aryl methyl sites for hydroxylation is 1.